The third-order valence-corrected chi connectivity index (χ3v) is 7.40. The highest BCUT2D eigenvalue weighted by molar-refractivity contribution is 7.16. The third kappa shape index (κ3) is 5.60. The molecule has 33 heavy (non-hydrogen) atoms. The summed E-state index contributed by atoms with van der Waals surface area (Å²) < 4.78 is 5.21. The maximum absolute atomic E-state index is 12.5. The van der Waals surface area contributed by atoms with Gasteiger partial charge in [0.05, 0.1) is 11.5 Å². The van der Waals surface area contributed by atoms with Gasteiger partial charge < -0.3 is 15.0 Å². The van der Waals surface area contributed by atoms with E-state index >= 15 is 0 Å². The molecule has 4 rings (SSSR count). The van der Waals surface area contributed by atoms with Crippen LogP contribution in [0.15, 0.2) is 30.3 Å². The molecule has 1 saturated heterocycles. The predicted molar refractivity (Wildman–Crippen MR) is 125 cm³/mol. The first-order chi connectivity index (χ1) is 16.0. The van der Waals surface area contributed by atoms with E-state index in [-0.39, 0.29) is 12.3 Å². The molecule has 172 valence electrons. The zero-order valence-corrected chi connectivity index (χ0v) is 19.3. The Morgan fingerprint density at radius 2 is 1.97 bits per heavy atom. The number of carbonyl (C=O) groups excluding carboxylic acids is 3. The molecule has 1 aliphatic heterocycles. The summed E-state index contributed by atoms with van der Waals surface area (Å²) in [6.07, 6.45) is 5.90. The molecule has 1 fully saturated rings. The Morgan fingerprint density at radius 3 is 2.76 bits per heavy atom. The number of ether oxygens (including phenoxy) is 1. The predicted octanol–water partition coefficient (Wildman–Crippen LogP) is 3.46. The van der Waals surface area contributed by atoms with Gasteiger partial charge in [-0.05, 0) is 43.2 Å². The number of nitriles is 1. The average molecular weight is 466 g/mol. The Kier molecular flexibility index (Phi) is 7.40. The van der Waals surface area contributed by atoms with E-state index in [4.69, 9.17) is 4.74 Å². The highest BCUT2D eigenvalue weighted by atomic mass is 32.1. The van der Waals surface area contributed by atoms with Crippen LogP contribution in [0.2, 0.25) is 0 Å². The highest BCUT2D eigenvalue weighted by Gasteiger charge is 2.35. The molecule has 2 aliphatic rings. The van der Waals surface area contributed by atoms with Gasteiger partial charge in [-0.1, -0.05) is 36.8 Å². The van der Waals surface area contributed by atoms with E-state index in [0.717, 1.165) is 54.5 Å². The van der Waals surface area contributed by atoms with Crippen molar-refractivity contribution in [2.24, 2.45) is 5.92 Å². The number of likely N-dealkylation sites (tertiary alicyclic amines) is 1. The maximum Gasteiger partial charge on any atom is 0.311 e. The summed E-state index contributed by atoms with van der Waals surface area (Å²) in [6.45, 7) is 0.427. The lowest BCUT2D eigenvalue weighted by atomic mass is 10.1. The zero-order valence-electron chi connectivity index (χ0n) is 18.5. The smallest absolute Gasteiger partial charge is 0.311 e. The molecule has 1 aromatic heterocycles. The summed E-state index contributed by atoms with van der Waals surface area (Å²) in [5.41, 5.74) is 2.72. The molecule has 2 amide bonds. The third-order valence-electron chi connectivity index (χ3n) is 6.19. The lowest BCUT2D eigenvalue weighted by molar-refractivity contribution is -0.151. The molecular weight excluding hydrogens is 438 g/mol. The maximum atomic E-state index is 12.5. The van der Waals surface area contributed by atoms with Gasteiger partial charge in [0, 0.05) is 24.4 Å². The van der Waals surface area contributed by atoms with Crippen molar-refractivity contribution < 1.29 is 19.1 Å². The lowest BCUT2D eigenvalue weighted by Crippen LogP contribution is -2.29. The molecule has 1 N–H and O–H groups in total. The van der Waals surface area contributed by atoms with Crippen LogP contribution in [0, 0.1) is 17.2 Å². The average Bonchev–Trinajstić information content (AvgIpc) is 3.26. The molecule has 2 heterocycles. The van der Waals surface area contributed by atoms with Crippen molar-refractivity contribution in [3.63, 3.8) is 0 Å². The summed E-state index contributed by atoms with van der Waals surface area (Å²) in [5.74, 6) is -1.64. The largest absolute Gasteiger partial charge is 0.455 e. The molecule has 0 spiro atoms. The molecule has 7 nitrogen and oxygen atoms in total. The molecule has 0 radical (unpaired) electrons. The SMILES string of the molecule is N#Cc1c(NC(=O)COC(=O)[C@H]2CC(=O)N(CCc3ccccc3)C2)sc2c1CCCCC2. The highest BCUT2D eigenvalue weighted by Crippen LogP contribution is 2.36. The minimum absolute atomic E-state index is 0.0731. The molecule has 0 unspecified atom stereocenters. The van der Waals surface area contributed by atoms with Crippen molar-refractivity contribution in [3.05, 3.63) is 51.9 Å². The van der Waals surface area contributed by atoms with Crippen LogP contribution < -0.4 is 5.32 Å². The van der Waals surface area contributed by atoms with Crippen molar-refractivity contribution in [1.82, 2.24) is 4.90 Å². The van der Waals surface area contributed by atoms with Crippen molar-refractivity contribution in [3.8, 4) is 6.07 Å². The Morgan fingerprint density at radius 1 is 1.18 bits per heavy atom. The van der Waals surface area contributed by atoms with Gasteiger partial charge in [0.1, 0.15) is 11.1 Å². The molecule has 1 atom stereocenters. The van der Waals surface area contributed by atoms with Crippen molar-refractivity contribution in [2.75, 3.05) is 25.0 Å². The number of esters is 1. The van der Waals surface area contributed by atoms with Gasteiger partial charge in [-0.2, -0.15) is 5.26 Å². The fourth-order valence-electron chi connectivity index (χ4n) is 4.42. The van der Waals surface area contributed by atoms with E-state index in [1.165, 1.54) is 11.3 Å². The van der Waals surface area contributed by atoms with Crippen LogP contribution in [0.1, 0.15) is 47.3 Å². The van der Waals surface area contributed by atoms with Crippen LogP contribution in [-0.2, 0) is 38.4 Å². The first-order valence-electron chi connectivity index (χ1n) is 11.4. The number of thiophene rings is 1. The molecule has 8 heteroatoms. The van der Waals surface area contributed by atoms with Crippen LogP contribution in [0.4, 0.5) is 5.00 Å². The standard InChI is InChI=1S/C25H27N3O4S/c26-14-20-19-9-5-2-6-10-21(19)33-24(20)27-22(29)16-32-25(31)18-13-23(30)28(15-18)12-11-17-7-3-1-4-8-17/h1,3-4,7-8,18H,2,5-6,9-13,15-16H2,(H,27,29)/t18-/m0/s1. The molecule has 0 bridgehead atoms. The quantitative estimate of drug-likeness (QED) is 0.499. The Labute approximate surface area is 197 Å². The van der Waals surface area contributed by atoms with E-state index in [0.29, 0.717) is 23.7 Å². The zero-order chi connectivity index (χ0) is 23.2. The first-order valence-corrected chi connectivity index (χ1v) is 12.2. The molecule has 0 saturated carbocycles. The summed E-state index contributed by atoms with van der Waals surface area (Å²) in [4.78, 5) is 40.0. The summed E-state index contributed by atoms with van der Waals surface area (Å²) >= 11 is 1.45. The number of benzene rings is 1. The first kappa shape index (κ1) is 23.0. The molecule has 1 aliphatic carbocycles. The van der Waals surface area contributed by atoms with Gasteiger partial charge in [-0.3, -0.25) is 14.4 Å². The molecule has 2 aromatic rings. The normalized spacial score (nSPS) is 17.7. The minimum atomic E-state index is -0.562. The Bertz CT molecular complexity index is 1070. The van der Waals surface area contributed by atoms with E-state index in [2.05, 4.69) is 11.4 Å². The fourth-order valence-corrected chi connectivity index (χ4v) is 5.68. The van der Waals surface area contributed by atoms with Crippen molar-refractivity contribution in [1.29, 1.82) is 5.26 Å². The van der Waals surface area contributed by atoms with Gasteiger partial charge in [0.25, 0.3) is 5.91 Å². The minimum Gasteiger partial charge on any atom is -0.455 e. The number of nitrogens with zero attached hydrogens (tertiary/aromatic N) is 2. The second kappa shape index (κ2) is 10.6. The number of carbonyl (C=O) groups is 3. The number of nitrogens with one attached hydrogen (secondary N) is 1. The van der Waals surface area contributed by atoms with E-state index < -0.39 is 24.4 Å². The van der Waals surface area contributed by atoms with Gasteiger partial charge in [-0.25, -0.2) is 0 Å². The number of amides is 2. The van der Waals surface area contributed by atoms with Crippen LogP contribution in [0.3, 0.4) is 0 Å². The Balaban J connectivity index is 1.26. The van der Waals surface area contributed by atoms with E-state index in [1.54, 1.807) is 4.90 Å². The van der Waals surface area contributed by atoms with Crippen LogP contribution >= 0.6 is 11.3 Å². The van der Waals surface area contributed by atoms with Gasteiger partial charge in [0.2, 0.25) is 5.91 Å². The number of rotatable bonds is 7. The van der Waals surface area contributed by atoms with Gasteiger partial charge >= 0.3 is 5.97 Å². The number of fused-ring (bicyclic) bond motifs is 1. The fraction of sp³-hybridized carbons (Fsp3) is 0.440. The number of hydrogen-bond donors (Lipinski definition) is 1. The summed E-state index contributed by atoms with van der Waals surface area (Å²) in [5, 5.41) is 12.9. The van der Waals surface area contributed by atoms with Crippen LogP contribution in [0.25, 0.3) is 0 Å². The van der Waals surface area contributed by atoms with Gasteiger partial charge in [-0.15, -0.1) is 11.3 Å². The summed E-state index contributed by atoms with van der Waals surface area (Å²) in [7, 11) is 0. The molecular formula is C25H27N3O4S. The van der Waals surface area contributed by atoms with Crippen molar-refractivity contribution in [2.45, 2.75) is 44.9 Å². The van der Waals surface area contributed by atoms with E-state index in [1.807, 2.05) is 30.3 Å². The second-order valence-corrected chi connectivity index (χ2v) is 9.62. The summed E-state index contributed by atoms with van der Waals surface area (Å²) in [6, 6.07) is 12.1. The number of anilines is 1. The number of hydrogen-bond acceptors (Lipinski definition) is 6. The van der Waals surface area contributed by atoms with Crippen LogP contribution in [0.5, 0.6) is 0 Å². The van der Waals surface area contributed by atoms with Gasteiger partial charge in [0.15, 0.2) is 6.61 Å². The van der Waals surface area contributed by atoms with E-state index in [9.17, 15) is 19.6 Å². The second-order valence-electron chi connectivity index (χ2n) is 8.51. The number of aryl methyl sites for hydroxylation is 1. The van der Waals surface area contributed by atoms with Crippen LogP contribution in [-0.4, -0.2) is 42.4 Å². The lowest BCUT2D eigenvalue weighted by Gasteiger charge is -2.16. The van der Waals surface area contributed by atoms with Crippen molar-refractivity contribution >= 4 is 34.1 Å². The topological polar surface area (TPSA) is 99.5 Å². The Hall–Kier alpha value is -3.18. The molecule has 1 aromatic carbocycles. The monoisotopic (exact) mass is 465 g/mol.